The van der Waals surface area contributed by atoms with Crippen LogP contribution in [0.5, 0.6) is 0 Å². The number of aliphatic hydroxyl groups is 1. The molecule has 1 aromatic carbocycles. The molecular formula is C13H14N6O3S. The number of nitrogens with one attached hydrogen (secondary N) is 3. The summed E-state index contributed by atoms with van der Waals surface area (Å²) in [7, 11) is -3.79. The first-order valence-corrected chi connectivity index (χ1v) is 8.22. The van der Waals surface area contributed by atoms with Gasteiger partial charge in [-0.3, -0.25) is 4.72 Å². The van der Waals surface area contributed by atoms with Crippen LogP contribution in [0.25, 0.3) is 11.2 Å². The molecule has 0 atom stereocenters. The van der Waals surface area contributed by atoms with Crippen LogP contribution in [0.3, 0.4) is 0 Å². The first-order chi connectivity index (χ1) is 11.1. The van der Waals surface area contributed by atoms with Crippen LogP contribution >= 0.6 is 0 Å². The number of nitrogens with zero attached hydrogens (tertiary/aromatic N) is 3. The third-order valence-electron chi connectivity index (χ3n) is 2.97. The molecule has 23 heavy (non-hydrogen) atoms. The minimum atomic E-state index is -3.79. The van der Waals surface area contributed by atoms with Gasteiger partial charge in [-0.25, -0.2) is 13.4 Å². The van der Waals surface area contributed by atoms with Crippen molar-refractivity contribution >= 4 is 33.0 Å². The lowest BCUT2D eigenvalue weighted by atomic mass is 10.4. The molecule has 0 saturated heterocycles. The van der Waals surface area contributed by atoms with Gasteiger partial charge in [0.2, 0.25) is 5.95 Å². The quantitative estimate of drug-likeness (QED) is 0.517. The standard InChI is InChI=1S/C13H14N6O3S/c20-7-6-14-13-17-11-10(15-8-16-11)12(18-13)19-23(21,22)9-4-2-1-3-5-9/h1-5,8,20H,6-7H2,(H3,14,15,16,17,18,19). The summed E-state index contributed by atoms with van der Waals surface area (Å²) in [6.07, 6.45) is 1.40. The molecule has 0 spiro atoms. The summed E-state index contributed by atoms with van der Waals surface area (Å²) in [5, 5.41) is 11.6. The molecule has 9 nitrogen and oxygen atoms in total. The summed E-state index contributed by atoms with van der Waals surface area (Å²) < 4.78 is 27.3. The Morgan fingerprint density at radius 2 is 1.96 bits per heavy atom. The normalized spacial score (nSPS) is 11.5. The lowest BCUT2D eigenvalue weighted by Gasteiger charge is -2.09. The molecule has 0 radical (unpaired) electrons. The van der Waals surface area contributed by atoms with E-state index >= 15 is 0 Å². The fourth-order valence-electron chi connectivity index (χ4n) is 1.94. The number of aromatic amines is 1. The van der Waals surface area contributed by atoms with Gasteiger partial charge in [-0.05, 0) is 12.1 Å². The zero-order valence-electron chi connectivity index (χ0n) is 11.9. The van der Waals surface area contributed by atoms with E-state index in [4.69, 9.17) is 5.11 Å². The number of aromatic nitrogens is 4. The summed E-state index contributed by atoms with van der Waals surface area (Å²) in [4.78, 5) is 15.2. The highest BCUT2D eigenvalue weighted by molar-refractivity contribution is 7.92. The highest BCUT2D eigenvalue weighted by Crippen LogP contribution is 2.21. The Hall–Kier alpha value is -2.72. The first kappa shape index (κ1) is 15.2. The Morgan fingerprint density at radius 1 is 1.17 bits per heavy atom. The molecule has 2 heterocycles. The van der Waals surface area contributed by atoms with Gasteiger partial charge in [-0.2, -0.15) is 9.97 Å². The van der Waals surface area contributed by atoms with Crippen molar-refractivity contribution in [1.82, 2.24) is 19.9 Å². The lowest BCUT2D eigenvalue weighted by molar-refractivity contribution is 0.311. The van der Waals surface area contributed by atoms with E-state index in [1.54, 1.807) is 18.2 Å². The average molecular weight is 334 g/mol. The second kappa shape index (κ2) is 6.18. The van der Waals surface area contributed by atoms with E-state index in [1.165, 1.54) is 18.5 Å². The second-order valence-electron chi connectivity index (χ2n) is 4.57. The van der Waals surface area contributed by atoms with E-state index in [2.05, 4.69) is 30.0 Å². The fraction of sp³-hybridized carbons (Fsp3) is 0.154. The zero-order chi connectivity index (χ0) is 16.3. The molecule has 3 rings (SSSR count). The van der Waals surface area contributed by atoms with Gasteiger partial charge in [-0.15, -0.1) is 0 Å². The lowest BCUT2D eigenvalue weighted by Crippen LogP contribution is -2.16. The molecule has 0 aliphatic heterocycles. The van der Waals surface area contributed by atoms with Crippen LogP contribution < -0.4 is 10.0 Å². The third kappa shape index (κ3) is 3.22. The molecule has 0 bridgehead atoms. The summed E-state index contributed by atoms with van der Waals surface area (Å²) >= 11 is 0. The molecule has 0 fully saturated rings. The average Bonchev–Trinajstić information content (AvgIpc) is 3.02. The molecule has 120 valence electrons. The molecular weight excluding hydrogens is 320 g/mol. The summed E-state index contributed by atoms with van der Waals surface area (Å²) in [6, 6.07) is 7.97. The van der Waals surface area contributed by atoms with Crippen LogP contribution in [0.2, 0.25) is 0 Å². The maximum absolute atomic E-state index is 12.4. The predicted octanol–water partition coefficient (Wildman–Crippen LogP) is 0.558. The number of rotatable bonds is 6. The van der Waals surface area contributed by atoms with Crippen molar-refractivity contribution in [3.63, 3.8) is 0 Å². The minimum Gasteiger partial charge on any atom is -0.395 e. The monoisotopic (exact) mass is 334 g/mol. The fourth-order valence-corrected chi connectivity index (χ4v) is 2.98. The first-order valence-electron chi connectivity index (χ1n) is 6.74. The summed E-state index contributed by atoms with van der Waals surface area (Å²) in [5.41, 5.74) is 0.685. The Morgan fingerprint density at radius 3 is 2.70 bits per heavy atom. The number of anilines is 2. The molecule has 10 heteroatoms. The molecule has 0 unspecified atom stereocenters. The number of hydrogen-bond acceptors (Lipinski definition) is 7. The Labute approximate surface area is 131 Å². The molecule has 0 aliphatic carbocycles. The van der Waals surface area contributed by atoms with Crippen LogP contribution in [0.15, 0.2) is 41.6 Å². The second-order valence-corrected chi connectivity index (χ2v) is 6.25. The van der Waals surface area contributed by atoms with Crippen molar-refractivity contribution in [1.29, 1.82) is 0 Å². The molecule has 4 N–H and O–H groups in total. The number of benzene rings is 1. The van der Waals surface area contributed by atoms with Crippen molar-refractivity contribution in [2.75, 3.05) is 23.2 Å². The van der Waals surface area contributed by atoms with Gasteiger partial charge in [0.1, 0.15) is 5.52 Å². The van der Waals surface area contributed by atoms with Crippen LogP contribution in [-0.2, 0) is 10.0 Å². The largest absolute Gasteiger partial charge is 0.395 e. The van der Waals surface area contributed by atoms with E-state index in [0.717, 1.165) is 0 Å². The highest BCUT2D eigenvalue weighted by Gasteiger charge is 2.18. The molecule has 0 amide bonds. The van der Waals surface area contributed by atoms with E-state index in [1.807, 2.05) is 0 Å². The summed E-state index contributed by atoms with van der Waals surface area (Å²) in [5.74, 6) is 0.251. The van der Waals surface area contributed by atoms with Gasteiger partial charge < -0.3 is 15.4 Å². The summed E-state index contributed by atoms with van der Waals surface area (Å²) in [6.45, 7) is 0.133. The number of hydrogen-bond donors (Lipinski definition) is 4. The van der Waals surface area contributed by atoms with Gasteiger partial charge in [0.15, 0.2) is 11.5 Å². The van der Waals surface area contributed by atoms with Crippen LogP contribution in [0.1, 0.15) is 0 Å². The van der Waals surface area contributed by atoms with Gasteiger partial charge in [-0.1, -0.05) is 18.2 Å². The Kier molecular flexibility index (Phi) is 4.08. The van der Waals surface area contributed by atoms with Gasteiger partial charge >= 0.3 is 0 Å². The number of H-pyrrole nitrogens is 1. The molecule has 2 aromatic heterocycles. The van der Waals surface area contributed by atoms with E-state index < -0.39 is 10.0 Å². The van der Waals surface area contributed by atoms with Gasteiger partial charge in [0.25, 0.3) is 10.0 Å². The highest BCUT2D eigenvalue weighted by atomic mass is 32.2. The molecule has 3 aromatic rings. The smallest absolute Gasteiger partial charge is 0.263 e. The minimum absolute atomic E-state index is 0.0804. The molecule has 0 saturated carbocycles. The Bertz CT molecular complexity index is 910. The zero-order valence-corrected chi connectivity index (χ0v) is 12.7. The van der Waals surface area contributed by atoms with Crippen LogP contribution in [-0.4, -0.2) is 46.6 Å². The van der Waals surface area contributed by atoms with Crippen LogP contribution in [0, 0.1) is 0 Å². The number of imidazole rings is 1. The maximum Gasteiger partial charge on any atom is 0.263 e. The molecule has 0 aliphatic rings. The van der Waals surface area contributed by atoms with Gasteiger partial charge in [0.05, 0.1) is 17.8 Å². The Balaban J connectivity index is 2.00. The number of fused-ring (bicyclic) bond motifs is 1. The van der Waals surface area contributed by atoms with E-state index in [9.17, 15) is 8.42 Å². The van der Waals surface area contributed by atoms with E-state index in [0.29, 0.717) is 11.2 Å². The van der Waals surface area contributed by atoms with E-state index in [-0.39, 0.29) is 29.8 Å². The maximum atomic E-state index is 12.4. The third-order valence-corrected chi connectivity index (χ3v) is 4.32. The van der Waals surface area contributed by atoms with Crippen molar-refractivity contribution < 1.29 is 13.5 Å². The topological polar surface area (TPSA) is 133 Å². The number of sulfonamides is 1. The SMILES string of the molecule is O=S(=O)(Nc1nc(NCCO)nc2nc[nH]c12)c1ccccc1. The van der Waals surface area contributed by atoms with Crippen molar-refractivity contribution in [3.8, 4) is 0 Å². The van der Waals surface area contributed by atoms with Crippen molar-refractivity contribution in [2.24, 2.45) is 0 Å². The van der Waals surface area contributed by atoms with Crippen molar-refractivity contribution in [3.05, 3.63) is 36.7 Å². The van der Waals surface area contributed by atoms with Gasteiger partial charge in [0, 0.05) is 6.54 Å². The number of aliphatic hydroxyl groups excluding tert-OH is 1. The van der Waals surface area contributed by atoms with Crippen LogP contribution in [0.4, 0.5) is 11.8 Å². The predicted molar refractivity (Wildman–Crippen MR) is 84.5 cm³/mol. The van der Waals surface area contributed by atoms with Crippen molar-refractivity contribution in [2.45, 2.75) is 4.90 Å².